The number of aromatic nitrogens is 3. The molecule has 0 aliphatic carbocycles. The summed E-state index contributed by atoms with van der Waals surface area (Å²) in [5.41, 5.74) is 2.81. The minimum absolute atomic E-state index is 0.219. The maximum atomic E-state index is 13.1. The second kappa shape index (κ2) is 6.08. The fourth-order valence-corrected chi connectivity index (χ4v) is 3.16. The van der Waals surface area contributed by atoms with E-state index >= 15 is 0 Å². The molecule has 2 aromatic heterocycles. The highest BCUT2D eigenvalue weighted by atomic mass is 19.1. The van der Waals surface area contributed by atoms with Gasteiger partial charge in [-0.15, -0.1) is 0 Å². The van der Waals surface area contributed by atoms with Crippen molar-refractivity contribution < 1.29 is 9.13 Å². The van der Waals surface area contributed by atoms with Gasteiger partial charge in [0.2, 0.25) is 0 Å². The third-order valence-corrected chi connectivity index (χ3v) is 4.31. The van der Waals surface area contributed by atoms with E-state index in [1.54, 1.807) is 6.20 Å². The topological polar surface area (TPSA) is 39.9 Å². The van der Waals surface area contributed by atoms with Crippen molar-refractivity contribution in [3.63, 3.8) is 0 Å². The number of nitrogens with zero attached hydrogens (tertiary/aromatic N) is 3. The molecule has 4 nitrogen and oxygen atoms in total. The minimum atomic E-state index is -0.219. The molecule has 0 spiro atoms. The molecule has 0 bridgehead atoms. The third kappa shape index (κ3) is 2.84. The number of halogens is 1. The van der Waals surface area contributed by atoms with E-state index in [9.17, 15) is 4.39 Å². The molecular weight excluding hydrogens is 293 g/mol. The number of imidazole rings is 1. The van der Waals surface area contributed by atoms with Gasteiger partial charge in [0.1, 0.15) is 17.2 Å². The fraction of sp³-hybridized carbons (Fsp3) is 0.333. The number of fused-ring (bicyclic) bond motifs is 1. The third-order valence-electron chi connectivity index (χ3n) is 4.31. The lowest BCUT2D eigenvalue weighted by Crippen LogP contribution is -2.20. The second-order valence-electron chi connectivity index (χ2n) is 5.94. The van der Waals surface area contributed by atoms with Crippen molar-refractivity contribution in [2.75, 3.05) is 13.2 Å². The molecule has 1 aliphatic rings. The summed E-state index contributed by atoms with van der Waals surface area (Å²) < 4.78 is 20.9. The average Bonchev–Trinajstić information content (AvgIpc) is 2.96. The lowest BCUT2D eigenvalue weighted by Gasteiger charge is -2.22. The Morgan fingerprint density at radius 3 is 2.87 bits per heavy atom. The Bertz CT molecular complexity index is 807. The van der Waals surface area contributed by atoms with Gasteiger partial charge in [0.05, 0.1) is 13.2 Å². The lowest BCUT2D eigenvalue weighted by atomic mass is 10.0. The van der Waals surface area contributed by atoms with E-state index in [1.165, 1.54) is 12.1 Å². The van der Waals surface area contributed by atoms with Crippen LogP contribution < -0.4 is 0 Å². The second-order valence-corrected chi connectivity index (χ2v) is 5.94. The summed E-state index contributed by atoms with van der Waals surface area (Å²) >= 11 is 0. The average molecular weight is 311 g/mol. The monoisotopic (exact) mass is 311 g/mol. The molecule has 0 amide bonds. The van der Waals surface area contributed by atoms with Crippen LogP contribution in [-0.4, -0.2) is 27.7 Å². The standard InChI is InChI=1S/C18H18FN3O/c19-15-7-5-13(6-8-15)11-22-17(14-3-2-10-23-12-14)21-16-4-1-9-20-18(16)22/h1,4-9,14H,2-3,10-12H2. The Kier molecular flexibility index (Phi) is 3.79. The first kappa shape index (κ1) is 14.3. The van der Waals surface area contributed by atoms with E-state index < -0.39 is 0 Å². The SMILES string of the molecule is Fc1ccc(Cn2c(C3CCCOC3)nc3cccnc32)cc1. The van der Waals surface area contributed by atoms with Crippen LogP contribution in [0, 0.1) is 5.82 Å². The van der Waals surface area contributed by atoms with Gasteiger partial charge in [0.15, 0.2) is 5.65 Å². The Morgan fingerprint density at radius 2 is 2.09 bits per heavy atom. The first-order valence-electron chi connectivity index (χ1n) is 7.94. The number of pyridine rings is 1. The van der Waals surface area contributed by atoms with Crippen molar-refractivity contribution in [3.8, 4) is 0 Å². The van der Waals surface area contributed by atoms with Crippen molar-refractivity contribution in [2.45, 2.75) is 25.3 Å². The minimum Gasteiger partial charge on any atom is -0.381 e. The zero-order chi connectivity index (χ0) is 15.6. The first-order valence-corrected chi connectivity index (χ1v) is 7.94. The zero-order valence-electron chi connectivity index (χ0n) is 12.8. The molecule has 1 aliphatic heterocycles. The van der Waals surface area contributed by atoms with Crippen molar-refractivity contribution in [1.29, 1.82) is 0 Å². The number of hydrogen-bond acceptors (Lipinski definition) is 3. The number of ether oxygens (including phenoxy) is 1. The molecule has 1 saturated heterocycles. The summed E-state index contributed by atoms with van der Waals surface area (Å²) in [7, 11) is 0. The molecule has 1 aromatic carbocycles. The van der Waals surface area contributed by atoms with Crippen molar-refractivity contribution >= 4 is 11.2 Å². The van der Waals surface area contributed by atoms with Crippen LogP contribution in [0.25, 0.3) is 11.2 Å². The van der Waals surface area contributed by atoms with Crippen LogP contribution in [0.3, 0.4) is 0 Å². The highest BCUT2D eigenvalue weighted by Crippen LogP contribution is 2.28. The van der Waals surface area contributed by atoms with Gasteiger partial charge in [-0.1, -0.05) is 12.1 Å². The van der Waals surface area contributed by atoms with Crippen molar-refractivity contribution in [1.82, 2.24) is 14.5 Å². The van der Waals surface area contributed by atoms with Gasteiger partial charge in [-0.2, -0.15) is 0 Å². The van der Waals surface area contributed by atoms with Crippen LogP contribution in [-0.2, 0) is 11.3 Å². The zero-order valence-corrected chi connectivity index (χ0v) is 12.8. The predicted octanol–water partition coefficient (Wildman–Crippen LogP) is 3.51. The van der Waals surface area contributed by atoms with Gasteiger partial charge in [0.25, 0.3) is 0 Å². The van der Waals surface area contributed by atoms with Crippen molar-refractivity contribution in [2.24, 2.45) is 0 Å². The molecule has 1 unspecified atom stereocenters. The summed E-state index contributed by atoms with van der Waals surface area (Å²) in [5, 5.41) is 0. The van der Waals surface area contributed by atoms with Gasteiger partial charge in [-0.3, -0.25) is 0 Å². The molecule has 1 atom stereocenters. The molecule has 4 rings (SSSR count). The van der Waals surface area contributed by atoms with Crippen LogP contribution >= 0.6 is 0 Å². The first-order chi connectivity index (χ1) is 11.3. The largest absolute Gasteiger partial charge is 0.381 e. The highest BCUT2D eigenvalue weighted by Gasteiger charge is 2.23. The molecule has 118 valence electrons. The summed E-state index contributed by atoms with van der Waals surface area (Å²) in [4.78, 5) is 9.29. The van der Waals surface area contributed by atoms with Gasteiger partial charge in [-0.25, -0.2) is 14.4 Å². The smallest absolute Gasteiger partial charge is 0.160 e. The van der Waals surface area contributed by atoms with E-state index in [0.717, 1.165) is 42.0 Å². The Balaban J connectivity index is 1.77. The van der Waals surface area contributed by atoms with E-state index in [0.29, 0.717) is 19.1 Å². The van der Waals surface area contributed by atoms with E-state index in [1.807, 2.05) is 24.3 Å². The maximum Gasteiger partial charge on any atom is 0.160 e. The van der Waals surface area contributed by atoms with Gasteiger partial charge >= 0.3 is 0 Å². The highest BCUT2D eigenvalue weighted by molar-refractivity contribution is 5.71. The molecular formula is C18H18FN3O. The summed E-state index contributed by atoms with van der Waals surface area (Å²) in [6, 6.07) is 10.5. The quantitative estimate of drug-likeness (QED) is 0.743. The van der Waals surface area contributed by atoms with Crippen LogP contribution in [0.4, 0.5) is 4.39 Å². The van der Waals surface area contributed by atoms with E-state index in [-0.39, 0.29) is 5.82 Å². The van der Waals surface area contributed by atoms with Crippen LogP contribution in [0.5, 0.6) is 0 Å². The molecule has 0 radical (unpaired) electrons. The van der Waals surface area contributed by atoms with E-state index in [2.05, 4.69) is 9.55 Å². The molecule has 1 fully saturated rings. The Labute approximate surface area is 133 Å². The number of hydrogen-bond donors (Lipinski definition) is 0. The van der Waals surface area contributed by atoms with Crippen LogP contribution in [0.2, 0.25) is 0 Å². The summed E-state index contributed by atoms with van der Waals surface area (Å²) in [6.07, 6.45) is 3.91. The molecule has 3 aromatic rings. The van der Waals surface area contributed by atoms with Crippen molar-refractivity contribution in [3.05, 3.63) is 59.8 Å². The van der Waals surface area contributed by atoms with Crippen LogP contribution in [0.1, 0.15) is 30.1 Å². The van der Waals surface area contributed by atoms with Gasteiger partial charge < -0.3 is 9.30 Å². The van der Waals surface area contributed by atoms with Gasteiger partial charge in [0, 0.05) is 18.7 Å². The lowest BCUT2D eigenvalue weighted by molar-refractivity contribution is 0.0772. The fourth-order valence-electron chi connectivity index (χ4n) is 3.16. The number of benzene rings is 1. The molecule has 5 heteroatoms. The summed E-state index contributed by atoms with van der Waals surface area (Å²) in [6.45, 7) is 2.17. The van der Waals surface area contributed by atoms with Gasteiger partial charge in [-0.05, 0) is 42.7 Å². The molecule has 23 heavy (non-hydrogen) atoms. The molecule has 3 heterocycles. The van der Waals surface area contributed by atoms with E-state index in [4.69, 9.17) is 9.72 Å². The summed E-state index contributed by atoms with van der Waals surface area (Å²) in [5.74, 6) is 1.09. The molecule has 0 N–H and O–H groups in total. The Hall–Kier alpha value is -2.27. The molecule has 0 saturated carbocycles. The normalized spacial score (nSPS) is 18.4. The number of rotatable bonds is 3. The Morgan fingerprint density at radius 1 is 1.22 bits per heavy atom. The van der Waals surface area contributed by atoms with Crippen LogP contribution in [0.15, 0.2) is 42.6 Å². The maximum absolute atomic E-state index is 13.1. The predicted molar refractivity (Wildman–Crippen MR) is 85.8 cm³/mol.